The minimum Gasteiger partial charge on any atom is -0.479 e. The maximum Gasteiger partial charge on any atom is 0.338 e. The fourth-order valence-electron chi connectivity index (χ4n) is 10.4. The molecule has 3 aliphatic rings. The van der Waals surface area contributed by atoms with Gasteiger partial charge < -0.3 is 63.1 Å². The maximum atomic E-state index is 14.6. The van der Waals surface area contributed by atoms with Crippen molar-refractivity contribution in [2.45, 2.75) is 151 Å². The van der Waals surface area contributed by atoms with Crippen LogP contribution >= 0.6 is 0 Å². The Kier molecular flexibility index (Phi) is 20.9. The number of esters is 4. The van der Waals surface area contributed by atoms with E-state index in [1.807, 2.05) is 13.8 Å². The molecule has 4 N–H and O–H groups in total. The van der Waals surface area contributed by atoms with Crippen molar-refractivity contribution in [2.75, 3.05) is 13.7 Å². The van der Waals surface area contributed by atoms with Crippen LogP contribution in [0.5, 0.6) is 0 Å². The minimum absolute atomic E-state index is 0.0235. The maximum absolute atomic E-state index is 14.6. The number of rotatable bonds is 23. The second-order valence-corrected chi connectivity index (χ2v) is 20.4. The van der Waals surface area contributed by atoms with Crippen molar-refractivity contribution in [3.63, 3.8) is 0 Å². The third-order valence-corrected chi connectivity index (χ3v) is 14.9. The fourth-order valence-corrected chi connectivity index (χ4v) is 10.4. The molecule has 81 heavy (non-hydrogen) atoms. The lowest BCUT2D eigenvalue weighted by atomic mass is 9.81. The van der Waals surface area contributed by atoms with E-state index in [0.717, 1.165) is 12.8 Å². The highest BCUT2D eigenvalue weighted by Gasteiger charge is 2.56. The molecule has 0 radical (unpaired) electrons. The Labute approximate surface area is 467 Å². The molecule has 1 aliphatic carbocycles. The van der Waals surface area contributed by atoms with Crippen LogP contribution in [0.1, 0.15) is 103 Å². The molecule has 22 heteroatoms. The number of carboxylic acid groups (broad SMARTS) is 1. The summed E-state index contributed by atoms with van der Waals surface area (Å²) in [6, 6.07) is 28.0. The molecule has 4 aromatic carbocycles. The average molecular weight is 1130 g/mol. The minimum atomic E-state index is -1.93. The predicted octanol–water partition coefficient (Wildman–Crippen LogP) is 6.28. The number of hydrogen-bond acceptors (Lipinski definition) is 19. The molecule has 2 saturated heterocycles. The molecule has 2 aliphatic heterocycles. The van der Waals surface area contributed by atoms with Gasteiger partial charge in [0.25, 0.3) is 0 Å². The molecule has 434 valence electrons. The number of carbonyl (C=O) groups is 5. The van der Waals surface area contributed by atoms with Crippen LogP contribution in [0.15, 0.2) is 121 Å². The molecule has 3 heterocycles. The lowest BCUT2D eigenvalue weighted by molar-refractivity contribution is -0.348. The highest BCUT2D eigenvalue weighted by molar-refractivity contribution is 5.90. The van der Waals surface area contributed by atoms with E-state index in [-0.39, 0.29) is 47.6 Å². The van der Waals surface area contributed by atoms with Gasteiger partial charge in [-0.25, -0.2) is 28.3 Å². The molecule has 5 aromatic rings. The standard InChI is InChI=1S/C59H68FN3O18/c1-5-7-18-34(6-2)27-44(53(67)68)76-51-50(79-56(71)36-21-13-9-14-22-36)45(32-74-55(70)35-19-11-8-12-20-35)78-59(52(51)80-57(72)37-23-15-10-16-24-37)77-43-30-39(54(69)73-4)29-42(49(43)81-58-48(66)47(65)46(64)33(3)75-58)63-31-41(61-62-63)38-25-17-26-40(60)28-38/h8-17,19-26,28,31,33-34,39,42-52,58-59,64-66H,5-7,18,27,29-30,32H2,1-4H3,(H,67,68)/t33?,34?,39?,42-,43-,44+,45?,46-,47?,48?,49?,50+,51?,52?,58+,59-/m1/s1. The predicted molar refractivity (Wildman–Crippen MR) is 282 cm³/mol. The highest BCUT2D eigenvalue weighted by Crippen LogP contribution is 2.42. The SMILES string of the molecule is CCCCC(CC)C[C@H](OC1C(OC(=O)c2ccccc2)[C@H](O[C@@H]2CC(C(=O)OC)C[C@@H](n3cc(-c4cccc(F)c4)nn3)C2O[C@@H]2OC(C)[C@@H](O)C(O)C2O)OC(COC(=O)c2ccccc2)[C@@H]1OC(=O)c1ccccc1)C(=O)O. The van der Waals surface area contributed by atoms with Gasteiger partial charge in [-0.2, -0.15) is 0 Å². The number of methoxy groups -OCH3 is 1. The Morgan fingerprint density at radius 3 is 1.95 bits per heavy atom. The number of aliphatic hydroxyl groups excluding tert-OH is 3. The second-order valence-electron chi connectivity index (χ2n) is 20.4. The van der Waals surface area contributed by atoms with Crippen LogP contribution in [0.2, 0.25) is 0 Å². The van der Waals surface area contributed by atoms with Crippen LogP contribution in [-0.2, 0) is 52.2 Å². The number of benzene rings is 4. The number of carbonyl (C=O) groups excluding carboxylic acids is 4. The molecule has 9 unspecified atom stereocenters. The zero-order valence-electron chi connectivity index (χ0n) is 45.2. The molecule has 1 saturated carbocycles. The molecule has 3 fully saturated rings. The Morgan fingerprint density at radius 2 is 1.36 bits per heavy atom. The number of aromatic nitrogens is 3. The lowest BCUT2D eigenvalue weighted by Crippen LogP contribution is -2.65. The first-order chi connectivity index (χ1) is 39.1. The van der Waals surface area contributed by atoms with Crippen molar-refractivity contribution in [2.24, 2.45) is 11.8 Å². The molecule has 0 spiro atoms. The van der Waals surface area contributed by atoms with E-state index in [1.165, 1.54) is 79.5 Å². The van der Waals surface area contributed by atoms with Crippen molar-refractivity contribution in [1.29, 1.82) is 0 Å². The summed E-state index contributed by atoms with van der Waals surface area (Å²) in [5.41, 5.74) is 0.760. The molecule has 16 atom stereocenters. The Morgan fingerprint density at radius 1 is 0.728 bits per heavy atom. The number of aliphatic carboxylic acids is 1. The van der Waals surface area contributed by atoms with E-state index >= 15 is 0 Å². The number of aliphatic hydroxyl groups is 3. The zero-order valence-corrected chi connectivity index (χ0v) is 45.2. The molecular formula is C59H68FN3O18. The molecule has 21 nitrogen and oxygen atoms in total. The van der Waals surface area contributed by atoms with Crippen molar-refractivity contribution in [1.82, 2.24) is 15.0 Å². The van der Waals surface area contributed by atoms with Gasteiger partial charge in [0, 0.05) is 5.56 Å². The van der Waals surface area contributed by atoms with Gasteiger partial charge in [0.05, 0.1) is 54.2 Å². The van der Waals surface area contributed by atoms with Crippen molar-refractivity contribution in [3.8, 4) is 11.3 Å². The number of nitrogens with zero attached hydrogens (tertiary/aromatic N) is 3. The number of ether oxygens (including phenoxy) is 9. The summed E-state index contributed by atoms with van der Waals surface area (Å²) in [4.78, 5) is 70.1. The van der Waals surface area contributed by atoms with Crippen molar-refractivity contribution < 1.29 is 91.4 Å². The van der Waals surface area contributed by atoms with Gasteiger partial charge in [0.1, 0.15) is 54.7 Å². The summed E-state index contributed by atoms with van der Waals surface area (Å²) in [5.74, 6) is -6.65. The quantitative estimate of drug-likeness (QED) is 0.0413. The van der Waals surface area contributed by atoms with E-state index in [0.29, 0.717) is 18.4 Å². The number of unbranched alkanes of at least 4 members (excludes halogenated alkanes) is 1. The first kappa shape index (κ1) is 60.1. The molecule has 8 rings (SSSR count). The highest BCUT2D eigenvalue weighted by atomic mass is 19.1. The smallest absolute Gasteiger partial charge is 0.338 e. The Balaban J connectivity index is 1.29. The first-order valence-electron chi connectivity index (χ1n) is 27.1. The monoisotopic (exact) mass is 1130 g/mol. The Bertz CT molecular complexity index is 2870. The van der Waals surface area contributed by atoms with Gasteiger partial charge in [-0.3, -0.25) is 4.79 Å². The van der Waals surface area contributed by atoms with Crippen LogP contribution < -0.4 is 0 Å². The summed E-state index contributed by atoms with van der Waals surface area (Å²) >= 11 is 0. The van der Waals surface area contributed by atoms with Crippen molar-refractivity contribution >= 4 is 29.8 Å². The van der Waals surface area contributed by atoms with Gasteiger partial charge in [0.2, 0.25) is 0 Å². The molecule has 1 aromatic heterocycles. The molecule has 0 bridgehead atoms. The van der Waals surface area contributed by atoms with E-state index in [2.05, 4.69) is 10.3 Å². The van der Waals surface area contributed by atoms with Crippen LogP contribution in [0.25, 0.3) is 11.3 Å². The topological polar surface area (TPSA) is 280 Å². The summed E-state index contributed by atoms with van der Waals surface area (Å²) < 4.78 is 72.8. The average Bonchev–Trinajstić information content (AvgIpc) is 4.00. The number of carboxylic acids is 1. The normalized spacial score (nSPS) is 28.2. The Hall–Kier alpha value is -7.02. The summed E-state index contributed by atoms with van der Waals surface area (Å²) in [5, 5.41) is 52.9. The van der Waals surface area contributed by atoms with E-state index < -0.39 is 134 Å². The van der Waals surface area contributed by atoms with Gasteiger partial charge in [0.15, 0.2) is 30.9 Å². The van der Waals surface area contributed by atoms with Gasteiger partial charge in [-0.05, 0) is 80.6 Å². The van der Waals surface area contributed by atoms with Crippen LogP contribution in [0.3, 0.4) is 0 Å². The molecular weight excluding hydrogens is 1060 g/mol. The third kappa shape index (κ3) is 14.9. The van der Waals surface area contributed by atoms with Crippen LogP contribution in [0, 0.1) is 17.7 Å². The number of halogens is 1. The van der Waals surface area contributed by atoms with Gasteiger partial charge >= 0.3 is 29.8 Å². The van der Waals surface area contributed by atoms with E-state index in [1.54, 1.807) is 60.7 Å². The largest absolute Gasteiger partial charge is 0.479 e. The summed E-state index contributed by atoms with van der Waals surface area (Å²) in [6.07, 6.45) is -17.7. The van der Waals surface area contributed by atoms with Crippen LogP contribution in [-0.4, -0.2) is 159 Å². The van der Waals surface area contributed by atoms with E-state index in [4.69, 9.17) is 42.6 Å². The second kappa shape index (κ2) is 28.1. The summed E-state index contributed by atoms with van der Waals surface area (Å²) in [7, 11) is 1.18. The fraction of sp³-hybridized carbons (Fsp3) is 0.475. The van der Waals surface area contributed by atoms with Gasteiger partial charge in [-0.1, -0.05) is 111 Å². The lowest BCUT2D eigenvalue weighted by Gasteiger charge is -2.49. The first-order valence-corrected chi connectivity index (χ1v) is 27.1. The summed E-state index contributed by atoms with van der Waals surface area (Å²) in [6.45, 7) is 4.67. The number of hydrogen-bond donors (Lipinski definition) is 4. The molecule has 0 amide bonds. The third-order valence-electron chi connectivity index (χ3n) is 14.9. The van der Waals surface area contributed by atoms with Gasteiger partial charge in [-0.15, -0.1) is 5.10 Å². The van der Waals surface area contributed by atoms with Crippen molar-refractivity contribution in [3.05, 3.63) is 144 Å². The van der Waals surface area contributed by atoms with Crippen LogP contribution in [0.4, 0.5) is 4.39 Å². The van der Waals surface area contributed by atoms with E-state index in [9.17, 15) is 48.8 Å². The zero-order chi connectivity index (χ0) is 57.7.